The molecule has 0 fully saturated rings. The van der Waals surface area contributed by atoms with Crippen LogP contribution in [0.3, 0.4) is 0 Å². The van der Waals surface area contributed by atoms with E-state index in [0.717, 1.165) is 0 Å². The SMILES string of the molecule is CCN(c1ccccc1)S(=O)(=O)c1ccccc1NC(=O)CCC(=O)OC. The fourth-order valence-electron chi connectivity index (χ4n) is 2.53. The molecule has 0 aromatic heterocycles. The van der Waals surface area contributed by atoms with Gasteiger partial charge in [0.05, 0.1) is 24.9 Å². The molecule has 0 spiro atoms. The van der Waals surface area contributed by atoms with Gasteiger partial charge in [0, 0.05) is 13.0 Å². The van der Waals surface area contributed by atoms with Crippen LogP contribution in [0.5, 0.6) is 0 Å². The summed E-state index contributed by atoms with van der Waals surface area (Å²) in [6, 6.07) is 14.9. The second-order valence-corrected chi connectivity index (χ2v) is 7.46. The molecule has 0 saturated carbocycles. The number of nitrogens with one attached hydrogen (secondary N) is 1. The van der Waals surface area contributed by atoms with Gasteiger partial charge in [-0.15, -0.1) is 0 Å². The number of rotatable bonds is 8. The van der Waals surface area contributed by atoms with Crippen molar-refractivity contribution in [2.45, 2.75) is 24.7 Å². The first-order chi connectivity index (χ1) is 12.9. The van der Waals surface area contributed by atoms with Crippen molar-refractivity contribution < 1.29 is 22.7 Å². The third kappa shape index (κ3) is 5.07. The Labute approximate surface area is 159 Å². The first kappa shape index (κ1) is 20.4. The monoisotopic (exact) mass is 390 g/mol. The van der Waals surface area contributed by atoms with Crippen LogP contribution in [0, 0.1) is 0 Å². The number of nitrogens with zero attached hydrogens (tertiary/aromatic N) is 1. The average molecular weight is 390 g/mol. The fraction of sp³-hybridized carbons (Fsp3) is 0.263. The lowest BCUT2D eigenvalue weighted by atomic mass is 10.2. The quantitative estimate of drug-likeness (QED) is 0.700. The topological polar surface area (TPSA) is 92.8 Å². The van der Waals surface area contributed by atoms with Gasteiger partial charge in [-0.25, -0.2) is 8.42 Å². The number of sulfonamides is 1. The fourth-order valence-corrected chi connectivity index (χ4v) is 4.15. The van der Waals surface area contributed by atoms with Crippen molar-refractivity contribution in [1.82, 2.24) is 0 Å². The van der Waals surface area contributed by atoms with E-state index < -0.39 is 21.9 Å². The van der Waals surface area contributed by atoms with E-state index in [2.05, 4.69) is 10.1 Å². The van der Waals surface area contributed by atoms with Gasteiger partial charge in [-0.3, -0.25) is 13.9 Å². The summed E-state index contributed by atoms with van der Waals surface area (Å²) in [7, 11) is -2.65. The normalized spacial score (nSPS) is 10.9. The van der Waals surface area contributed by atoms with Crippen molar-refractivity contribution in [1.29, 1.82) is 0 Å². The summed E-state index contributed by atoms with van der Waals surface area (Å²) in [5.74, 6) is -0.974. The highest BCUT2D eigenvalue weighted by Gasteiger charge is 2.26. The minimum Gasteiger partial charge on any atom is -0.469 e. The van der Waals surface area contributed by atoms with E-state index in [1.54, 1.807) is 49.4 Å². The number of amides is 1. The van der Waals surface area contributed by atoms with Gasteiger partial charge in [0.15, 0.2) is 0 Å². The number of hydrogen-bond donors (Lipinski definition) is 1. The van der Waals surface area contributed by atoms with Crippen LogP contribution in [0.4, 0.5) is 11.4 Å². The number of benzene rings is 2. The maximum Gasteiger partial charge on any atom is 0.306 e. The molecule has 0 radical (unpaired) electrons. The van der Waals surface area contributed by atoms with Gasteiger partial charge >= 0.3 is 5.97 Å². The van der Waals surface area contributed by atoms with Gasteiger partial charge in [-0.1, -0.05) is 30.3 Å². The highest BCUT2D eigenvalue weighted by Crippen LogP contribution is 2.28. The summed E-state index contributed by atoms with van der Waals surface area (Å²) < 4.78 is 32.1. The first-order valence-corrected chi connectivity index (χ1v) is 9.87. The van der Waals surface area contributed by atoms with Gasteiger partial charge in [-0.05, 0) is 31.2 Å². The van der Waals surface area contributed by atoms with Crippen molar-refractivity contribution in [2.75, 3.05) is 23.3 Å². The van der Waals surface area contributed by atoms with Crippen molar-refractivity contribution in [3.63, 3.8) is 0 Å². The summed E-state index contributed by atoms with van der Waals surface area (Å²) in [4.78, 5) is 23.3. The van der Waals surface area contributed by atoms with Crippen LogP contribution >= 0.6 is 0 Å². The van der Waals surface area contributed by atoms with Gasteiger partial charge in [0.1, 0.15) is 4.90 Å². The largest absolute Gasteiger partial charge is 0.469 e. The molecule has 144 valence electrons. The summed E-state index contributed by atoms with van der Waals surface area (Å²) in [6.07, 6.45) is -0.181. The van der Waals surface area contributed by atoms with Gasteiger partial charge in [0.2, 0.25) is 5.91 Å². The molecule has 0 aliphatic heterocycles. The molecule has 27 heavy (non-hydrogen) atoms. The standard InChI is InChI=1S/C19H22N2O5S/c1-3-21(15-9-5-4-6-10-15)27(24,25)17-12-8-7-11-16(17)20-18(22)13-14-19(23)26-2/h4-12H,3,13-14H2,1-2H3,(H,20,22). The van der Waals surface area contributed by atoms with Crippen LogP contribution in [0.15, 0.2) is 59.5 Å². The second kappa shape index (κ2) is 9.18. The summed E-state index contributed by atoms with van der Waals surface area (Å²) in [5.41, 5.74) is 0.702. The predicted octanol–water partition coefficient (Wildman–Crippen LogP) is 2.79. The van der Waals surface area contributed by atoms with Gasteiger partial charge in [-0.2, -0.15) is 0 Å². The van der Waals surface area contributed by atoms with Gasteiger partial charge in [0.25, 0.3) is 10.0 Å². The number of ether oxygens (including phenoxy) is 1. The molecule has 0 unspecified atom stereocenters. The van der Waals surface area contributed by atoms with Crippen LogP contribution in [0.2, 0.25) is 0 Å². The van der Waals surface area contributed by atoms with Crippen LogP contribution in [0.25, 0.3) is 0 Å². The van der Waals surface area contributed by atoms with Gasteiger partial charge < -0.3 is 10.1 Å². The van der Waals surface area contributed by atoms with E-state index >= 15 is 0 Å². The first-order valence-electron chi connectivity index (χ1n) is 8.43. The smallest absolute Gasteiger partial charge is 0.306 e. The third-order valence-electron chi connectivity index (χ3n) is 3.84. The molecule has 2 aromatic rings. The zero-order valence-electron chi connectivity index (χ0n) is 15.2. The third-order valence-corrected chi connectivity index (χ3v) is 5.81. The maximum absolute atomic E-state index is 13.2. The molecule has 0 saturated heterocycles. The second-order valence-electron chi connectivity index (χ2n) is 5.63. The van der Waals surface area contributed by atoms with Crippen LogP contribution in [0.1, 0.15) is 19.8 Å². The number of carbonyl (C=O) groups is 2. The Morgan fingerprint density at radius 2 is 1.63 bits per heavy atom. The van der Waals surface area contributed by atoms with Crippen molar-refractivity contribution in [3.05, 3.63) is 54.6 Å². The maximum atomic E-state index is 13.2. The lowest BCUT2D eigenvalue weighted by molar-refractivity contribution is -0.141. The van der Waals surface area contributed by atoms with Crippen LogP contribution in [-0.4, -0.2) is 33.9 Å². The Kier molecular flexibility index (Phi) is 6.95. The Balaban J connectivity index is 2.30. The summed E-state index contributed by atoms with van der Waals surface area (Å²) in [6.45, 7) is 1.97. The van der Waals surface area contributed by atoms with Crippen molar-refractivity contribution in [2.24, 2.45) is 0 Å². The molecule has 0 heterocycles. The zero-order chi connectivity index (χ0) is 19.9. The number of methoxy groups -OCH3 is 1. The Morgan fingerprint density at radius 3 is 2.26 bits per heavy atom. The van der Waals surface area contributed by atoms with E-state index in [1.807, 2.05) is 0 Å². The molecule has 8 heteroatoms. The molecule has 0 bridgehead atoms. The molecule has 1 amide bonds. The Morgan fingerprint density at radius 1 is 1.00 bits per heavy atom. The average Bonchev–Trinajstić information content (AvgIpc) is 2.67. The number of carbonyl (C=O) groups excluding carboxylic acids is 2. The molecule has 2 aromatic carbocycles. The van der Waals surface area contributed by atoms with E-state index in [1.165, 1.54) is 23.5 Å². The van der Waals surface area contributed by atoms with E-state index in [9.17, 15) is 18.0 Å². The summed E-state index contributed by atoms with van der Waals surface area (Å²) in [5, 5.41) is 2.57. The minimum atomic E-state index is -3.89. The number of esters is 1. The van der Waals surface area contributed by atoms with Crippen LogP contribution < -0.4 is 9.62 Å². The lowest BCUT2D eigenvalue weighted by Gasteiger charge is -2.24. The highest BCUT2D eigenvalue weighted by atomic mass is 32.2. The lowest BCUT2D eigenvalue weighted by Crippen LogP contribution is -2.31. The highest BCUT2D eigenvalue weighted by molar-refractivity contribution is 7.93. The van der Waals surface area contributed by atoms with Crippen LogP contribution in [-0.2, 0) is 24.3 Å². The zero-order valence-corrected chi connectivity index (χ0v) is 16.0. The molecular formula is C19H22N2O5S. The van der Waals surface area contributed by atoms with E-state index in [0.29, 0.717) is 5.69 Å². The Bertz CT molecular complexity index is 897. The number of anilines is 2. The van der Waals surface area contributed by atoms with Crippen molar-refractivity contribution >= 4 is 33.3 Å². The minimum absolute atomic E-state index is 0.0119. The number of para-hydroxylation sites is 2. The molecule has 0 aliphatic carbocycles. The molecular weight excluding hydrogens is 368 g/mol. The molecule has 2 rings (SSSR count). The molecule has 0 aliphatic rings. The molecule has 0 atom stereocenters. The molecule has 1 N–H and O–H groups in total. The Hall–Kier alpha value is -2.87. The summed E-state index contributed by atoms with van der Waals surface area (Å²) >= 11 is 0. The van der Waals surface area contributed by atoms with Crippen molar-refractivity contribution in [3.8, 4) is 0 Å². The number of hydrogen-bond acceptors (Lipinski definition) is 5. The van der Waals surface area contributed by atoms with E-state index in [4.69, 9.17) is 0 Å². The predicted molar refractivity (Wildman–Crippen MR) is 103 cm³/mol. The van der Waals surface area contributed by atoms with E-state index in [-0.39, 0.29) is 30.0 Å². The molecule has 7 nitrogen and oxygen atoms in total.